The summed E-state index contributed by atoms with van der Waals surface area (Å²) in [6.07, 6.45) is 0. The van der Waals surface area contributed by atoms with Gasteiger partial charge in [0, 0.05) is 0 Å². The first-order valence-electron chi connectivity index (χ1n) is 11.4. The molecule has 0 saturated heterocycles. The summed E-state index contributed by atoms with van der Waals surface area (Å²) in [5, 5.41) is 2.82. The second-order valence-corrected chi connectivity index (χ2v) is 11.1. The second kappa shape index (κ2) is 11.5. The SMILES string of the molecule is COC(=O)C(=Nc1ccccc1)C(C(=O)OC)=P(c1ccccc1)(c1ccccc1)c1ccccc1. The minimum absolute atomic E-state index is 0.0829. The molecule has 4 aromatic rings. The third-order valence-corrected chi connectivity index (χ3v) is 10.0. The molecule has 0 radical (unpaired) electrons. The molecule has 0 atom stereocenters. The highest BCUT2D eigenvalue weighted by atomic mass is 31.2. The van der Waals surface area contributed by atoms with Gasteiger partial charge < -0.3 is 9.47 Å². The molecule has 0 saturated carbocycles. The zero-order valence-electron chi connectivity index (χ0n) is 20.1. The fraction of sp³-hybridized carbons (Fsp3) is 0.0667. The minimum atomic E-state index is -2.99. The normalized spacial score (nSPS) is 11.4. The van der Waals surface area contributed by atoms with Crippen molar-refractivity contribution in [2.45, 2.75) is 0 Å². The molecule has 0 unspecified atom stereocenters. The topological polar surface area (TPSA) is 65.0 Å². The van der Waals surface area contributed by atoms with Crippen molar-refractivity contribution in [1.29, 1.82) is 0 Å². The molecular formula is C30H26NO4P. The Labute approximate surface area is 211 Å². The van der Waals surface area contributed by atoms with E-state index in [9.17, 15) is 9.59 Å². The Bertz CT molecular complexity index is 1310. The maximum Gasteiger partial charge on any atom is 0.357 e. The predicted molar refractivity (Wildman–Crippen MR) is 148 cm³/mol. The van der Waals surface area contributed by atoms with Gasteiger partial charge in [0.2, 0.25) is 0 Å². The number of nitrogens with zero attached hydrogens (tertiary/aromatic N) is 1. The second-order valence-electron chi connectivity index (χ2n) is 7.81. The van der Waals surface area contributed by atoms with Crippen molar-refractivity contribution < 1.29 is 19.1 Å². The third-order valence-electron chi connectivity index (χ3n) is 5.74. The Morgan fingerprint density at radius 3 is 1.28 bits per heavy atom. The highest BCUT2D eigenvalue weighted by Gasteiger charge is 2.39. The average molecular weight is 496 g/mol. The fourth-order valence-corrected chi connectivity index (χ4v) is 8.55. The van der Waals surface area contributed by atoms with Gasteiger partial charge in [-0.25, -0.2) is 14.6 Å². The number of aliphatic imine (C=N–C) groups is 1. The Balaban J connectivity index is 2.32. The van der Waals surface area contributed by atoms with Gasteiger partial charge in [-0.05, 0) is 34.9 Å². The first-order chi connectivity index (χ1) is 17.6. The van der Waals surface area contributed by atoms with E-state index in [0.29, 0.717) is 5.69 Å². The number of carbonyl (C=O) groups excluding carboxylic acids is 2. The van der Waals surface area contributed by atoms with Crippen molar-refractivity contribution in [2.24, 2.45) is 4.99 Å². The average Bonchev–Trinajstić information content (AvgIpc) is 2.96. The van der Waals surface area contributed by atoms with Crippen LogP contribution in [0.2, 0.25) is 0 Å². The van der Waals surface area contributed by atoms with Crippen molar-refractivity contribution in [3.8, 4) is 0 Å². The summed E-state index contributed by atoms with van der Waals surface area (Å²) in [6.45, 7) is -2.99. The Morgan fingerprint density at radius 1 is 0.556 bits per heavy atom. The van der Waals surface area contributed by atoms with Gasteiger partial charge in [-0.2, -0.15) is 0 Å². The van der Waals surface area contributed by atoms with E-state index in [4.69, 9.17) is 9.47 Å². The zero-order valence-corrected chi connectivity index (χ0v) is 21.0. The number of ether oxygens (including phenoxy) is 2. The number of methoxy groups -OCH3 is 2. The van der Waals surface area contributed by atoms with Crippen LogP contribution in [0.4, 0.5) is 5.69 Å². The molecule has 0 fully saturated rings. The van der Waals surface area contributed by atoms with E-state index in [1.54, 1.807) is 12.1 Å². The Hall–Kier alpha value is -4.21. The lowest BCUT2D eigenvalue weighted by Crippen LogP contribution is -2.41. The summed E-state index contributed by atoms with van der Waals surface area (Å²) >= 11 is 0. The van der Waals surface area contributed by atoms with Gasteiger partial charge in [0.05, 0.1) is 19.9 Å². The first kappa shape index (κ1) is 24.9. The van der Waals surface area contributed by atoms with E-state index in [1.807, 2.05) is 109 Å². The van der Waals surface area contributed by atoms with Crippen LogP contribution in [-0.2, 0) is 19.1 Å². The van der Waals surface area contributed by atoms with Gasteiger partial charge in [0.25, 0.3) is 0 Å². The molecule has 0 amide bonds. The highest BCUT2D eigenvalue weighted by Crippen LogP contribution is 2.47. The predicted octanol–water partition coefficient (Wildman–Crippen LogP) is 4.27. The molecular weight excluding hydrogens is 469 g/mol. The number of rotatable bonds is 7. The van der Waals surface area contributed by atoms with E-state index in [-0.39, 0.29) is 11.0 Å². The van der Waals surface area contributed by atoms with Gasteiger partial charge in [-0.15, -0.1) is 0 Å². The standard InChI is InChI=1S/C30H26NO4P/c1-34-29(32)27(31-23-15-7-3-8-16-23)28(30(33)35-2)36(24-17-9-4-10-18-24,25-19-11-5-12-20-25)26-21-13-6-14-22-26/h3-22H,1-2H3. The number of carbonyl (C=O) groups is 2. The van der Waals surface area contributed by atoms with Crippen molar-refractivity contribution in [3.63, 3.8) is 0 Å². The summed E-state index contributed by atoms with van der Waals surface area (Å²) in [5.74, 6) is -1.36. The molecule has 0 aliphatic heterocycles. The fourth-order valence-electron chi connectivity index (χ4n) is 4.20. The van der Waals surface area contributed by atoms with Crippen LogP contribution in [0.1, 0.15) is 0 Å². The van der Waals surface area contributed by atoms with Crippen LogP contribution < -0.4 is 15.9 Å². The molecule has 4 rings (SSSR count). The monoisotopic (exact) mass is 495 g/mol. The van der Waals surface area contributed by atoms with Crippen molar-refractivity contribution in [1.82, 2.24) is 0 Å². The Kier molecular flexibility index (Phi) is 7.94. The maximum absolute atomic E-state index is 13.8. The van der Waals surface area contributed by atoms with Crippen LogP contribution in [0.25, 0.3) is 0 Å². The number of hydrogen-bond acceptors (Lipinski definition) is 5. The number of benzene rings is 4. The molecule has 5 nitrogen and oxygen atoms in total. The molecule has 180 valence electrons. The largest absolute Gasteiger partial charge is 0.465 e. The van der Waals surface area contributed by atoms with Crippen LogP contribution in [0.5, 0.6) is 0 Å². The third kappa shape index (κ3) is 4.79. The van der Waals surface area contributed by atoms with E-state index in [0.717, 1.165) is 15.9 Å². The smallest absolute Gasteiger partial charge is 0.357 e. The quantitative estimate of drug-likeness (QED) is 0.218. The summed E-state index contributed by atoms with van der Waals surface area (Å²) in [7, 11) is 2.60. The van der Waals surface area contributed by atoms with Gasteiger partial charge >= 0.3 is 11.9 Å². The molecule has 0 aromatic heterocycles. The molecule has 0 N–H and O–H groups in total. The van der Waals surface area contributed by atoms with Gasteiger partial charge in [-0.1, -0.05) is 109 Å². The molecule has 0 aliphatic carbocycles. The van der Waals surface area contributed by atoms with Crippen LogP contribution in [-0.4, -0.2) is 37.2 Å². The lowest BCUT2D eigenvalue weighted by atomic mass is 10.2. The van der Waals surface area contributed by atoms with E-state index in [1.165, 1.54) is 14.2 Å². The van der Waals surface area contributed by atoms with E-state index < -0.39 is 18.8 Å². The lowest BCUT2D eigenvalue weighted by molar-refractivity contribution is -0.134. The number of hydrogen-bond donors (Lipinski definition) is 0. The van der Waals surface area contributed by atoms with Crippen LogP contribution in [0, 0.1) is 0 Å². The molecule has 0 heterocycles. The maximum atomic E-state index is 13.8. The summed E-state index contributed by atoms with van der Waals surface area (Å²) in [5.41, 5.74) is 0.437. The molecule has 0 spiro atoms. The first-order valence-corrected chi connectivity index (χ1v) is 13.2. The highest BCUT2D eigenvalue weighted by molar-refractivity contribution is 7.98. The molecule has 36 heavy (non-hydrogen) atoms. The number of esters is 2. The van der Waals surface area contributed by atoms with Crippen LogP contribution in [0.15, 0.2) is 126 Å². The van der Waals surface area contributed by atoms with Crippen molar-refractivity contribution in [2.75, 3.05) is 14.2 Å². The molecule has 4 aromatic carbocycles. The van der Waals surface area contributed by atoms with Gasteiger partial charge in [-0.3, -0.25) is 0 Å². The van der Waals surface area contributed by atoms with Crippen molar-refractivity contribution >= 4 is 51.4 Å². The number of para-hydroxylation sites is 1. The summed E-state index contributed by atoms with van der Waals surface area (Å²) in [6, 6.07) is 38.2. The molecule has 0 bridgehead atoms. The lowest BCUT2D eigenvalue weighted by Gasteiger charge is -2.31. The van der Waals surface area contributed by atoms with Crippen LogP contribution in [0.3, 0.4) is 0 Å². The minimum Gasteiger partial charge on any atom is -0.465 e. The summed E-state index contributed by atoms with van der Waals surface area (Å²) in [4.78, 5) is 31.8. The molecule has 6 heteroatoms. The molecule has 0 aliphatic rings. The Morgan fingerprint density at radius 2 is 0.917 bits per heavy atom. The zero-order chi connectivity index (χ0) is 25.4. The van der Waals surface area contributed by atoms with Gasteiger partial charge in [0.15, 0.2) is 5.71 Å². The van der Waals surface area contributed by atoms with Crippen LogP contribution >= 0.6 is 6.89 Å². The van der Waals surface area contributed by atoms with Crippen molar-refractivity contribution in [3.05, 3.63) is 121 Å². The van der Waals surface area contributed by atoms with E-state index >= 15 is 0 Å². The van der Waals surface area contributed by atoms with E-state index in [2.05, 4.69) is 4.99 Å². The summed E-state index contributed by atoms with van der Waals surface area (Å²) < 4.78 is 10.5. The van der Waals surface area contributed by atoms with Gasteiger partial charge in [0.1, 0.15) is 5.29 Å².